The van der Waals surface area contributed by atoms with Crippen LogP contribution in [0.15, 0.2) is 24.3 Å². The molecule has 7 rings (SSSR count). The van der Waals surface area contributed by atoms with Gasteiger partial charge in [-0.25, -0.2) is 9.18 Å². The van der Waals surface area contributed by atoms with Crippen molar-refractivity contribution in [2.45, 2.75) is 75.4 Å². The van der Waals surface area contributed by atoms with Crippen LogP contribution in [0.25, 0.3) is 0 Å². The fraction of sp³-hybridized carbons (Fsp3) is 0.625. The fourth-order valence-electron chi connectivity index (χ4n) is 7.11. The number of hydrogen-bond acceptors (Lipinski definition) is 3. The fourth-order valence-corrected chi connectivity index (χ4v) is 7.11. The van der Waals surface area contributed by atoms with E-state index in [2.05, 4.69) is 9.67 Å². The van der Waals surface area contributed by atoms with Crippen LogP contribution in [0, 0.1) is 23.6 Å². The van der Waals surface area contributed by atoms with Crippen LogP contribution >= 0.6 is 0 Å². The predicted octanol–water partition coefficient (Wildman–Crippen LogP) is 5.25. The SMILES string of the molecule is Fc1ccc(C2CCc3nnc(C45CC6CC(CC(C6)C4)C5)n3C2)cc1.O=C(O)C(F)(F)F. The second-order valence-corrected chi connectivity index (χ2v) is 10.3. The molecule has 1 atom stereocenters. The van der Waals surface area contributed by atoms with E-state index in [1.165, 1.54) is 55.7 Å². The maximum absolute atomic E-state index is 13.3. The molecule has 4 aliphatic carbocycles. The quantitative estimate of drug-likeness (QED) is 0.616. The van der Waals surface area contributed by atoms with Crippen molar-refractivity contribution in [1.29, 1.82) is 0 Å². The molecule has 4 saturated carbocycles. The van der Waals surface area contributed by atoms with Crippen molar-refractivity contribution in [3.05, 3.63) is 47.3 Å². The molecule has 1 aliphatic heterocycles. The second-order valence-electron chi connectivity index (χ2n) is 10.3. The van der Waals surface area contributed by atoms with E-state index < -0.39 is 12.1 Å². The van der Waals surface area contributed by atoms with E-state index in [0.717, 1.165) is 37.1 Å². The molecule has 2 heterocycles. The highest BCUT2D eigenvalue weighted by molar-refractivity contribution is 5.73. The number of carboxylic acid groups (broad SMARTS) is 1. The molecular weight excluding hydrogens is 438 g/mol. The summed E-state index contributed by atoms with van der Waals surface area (Å²) in [6.07, 6.45) is 5.36. The number of halogens is 4. The van der Waals surface area contributed by atoms with Crippen molar-refractivity contribution in [2.75, 3.05) is 0 Å². The lowest BCUT2D eigenvalue weighted by Gasteiger charge is -2.56. The van der Waals surface area contributed by atoms with Crippen LogP contribution < -0.4 is 0 Å². The van der Waals surface area contributed by atoms with E-state index in [1.807, 2.05) is 12.1 Å². The number of carbonyl (C=O) groups is 1. The third-order valence-electron chi connectivity index (χ3n) is 8.04. The van der Waals surface area contributed by atoms with Crippen molar-refractivity contribution >= 4 is 5.97 Å². The molecule has 0 radical (unpaired) electrons. The van der Waals surface area contributed by atoms with Gasteiger partial charge in [0.2, 0.25) is 0 Å². The van der Waals surface area contributed by atoms with Gasteiger partial charge in [0, 0.05) is 24.3 Å². The first-order valence-corrected chi connectivity index (χ1v) is 11.6. The molecule has 178 valence electrons. The second kappa shape index (κ2) is 8.09. The minimum Gasteiger partial charge on any atom is -0.475 e. The van der Waals surface area contributed by atoms with Crippen LogP contribution in [-0.4, -0.2) is 32.0 Å². The van der Waals surface area contributed by atoms with Gasteiger partial charge in [-0.1, -0.05) is 12.1 Å². The zero-order valence-corrected chi connectivity index (χ0v) is 18.2. The Kier molecular flexibility index (Phi) is 5.48. The van der Waals surface area contributed by atoms with Gasteiger partial charge in [0.05, 0.1) is 0 Å². The lowest BCUT2D eigenvalue weighted by atomic mass is 9.49. The molecule has 5 aliphatic rings. The number of carboxylic acids is 1. The Labute approximate surface area is 189 Å². The minimum absolute atomic E-state index is 0.149. The molecule has 0 saturated heterocycles. The number of rotatable bonds is 2. The molecule has 1 aromatic heterocycles. The largest absolute Gasteiger partial charge is 0.490 e. The van der Waals surface area contributed by atoms with Gasteiger partial charge in [0.15, 0.2) is 0 Å². The molecular formula is C24H27F4N3O2. The normalized spacial score (nSPS) is 32.1. The summed E-state index contributed by atoms with van der Waals surface area (Å²) in [4.78, 5) is 8.90. The molecule has 5 nitrogen and oxygen atoms in total. The van der Waals surface area contributed by atoms with Crippen molar-refractivity contribution < 1.29 is 27.5 Å². The van der Waals surface area contributed by atoms with Crippen LogP contribution in [0.4, 0.5) is 17.6 Å². The lowest BCUT2D eigenvalue weighted by molar-refractivity contribution is -0.192. The number of hydrogen-bond donors (Lipinski definition) is 1. The Morgan fingerprint density at radius 2 is 1.55 bits per heavy atom. The van der Waals surface area contributed by atoms with Crippen molar-refractivity contribution in [2.24, 2.45) is 17.8 Å². The molecule has 1 unspecified atom stereocenters. The summed E-state index contributed by atoms with van der Waals surface area (Å²) in [7, 11) is 0. The number of aliphatic carboxylic acids is 1. The molecule has 4 bridgehead atoms. The maximum Gasteiger partial charge on any atom is 0.490 e. The molecule has 4 fully saturated rings. The van der Waals surface area contributed by atoms with Gasteiger partial charge in [0.1, 0.15) is 17.5 Å². The average molecular weight is 465 g/mol. The summed E-state index contributed by atoms with van der Waals surface area (Å²) in [5.74, 6) is 2.78. The molecule has 2 aromatic rings. The van der Waals surface area contributed by atoms with Gasteiger partial charge in [-0.2, -0.15) is 13.2 Å². The first-order valence-electron chi connectivity index (χ1n) is 11.6. The van der Waals surface area contributed by atoms with Crippen LogP contribution in [-0.2, 0) is 23.2 Å². The highest BCUT2D eigenvalue weighted by Crippen LogP contribution is 2.60. The zero-order chi connectivity index (χ0) is 23.4. The van der Waals surface area contributed by atoms with Crippen LogP contribution in [0.3, 0.4) is 0 Å². The summed E-state index contributed by atoms with van der Waals surface area (Å²) < 4.78 is 47.5. The monoisotopic (exact) mass is 465 g/mol. The maximum atomic E-state index is 13.3. The van der Waals surface area contributed by atoms with Gasteiger partial charge in [0.25, 0.3) is 0 Å². The number of alkyl halides is 3. The van der Waals surface area contributed by atoms with Crippen LogP contribution in [0.1, 0.15) is 68.1 Å². The predicted molar refractivity (Wildman–Crippen MR) is 111 cm³/mol. The minimum atomic E-state index is -5.08. The van der Waals surface area contributed by atoms with Crippen molar-refractivity contribution in [3.8, 4) is 0 Å². The number of aryl methyl sites for hydroxylation is 1. The lowest BCUT2D eigenvalue weighted by Crippen LogP contribution is -2.50. The summed E-state index contributed by atoms with van der Waals surface area (Å²) >= 11 is 0. The molecule has 0 spiro atoms. The Bertz CT molecular complexity index is 996. The van der Waals surface area contributed by atoms with E-state index >= 15 is 0 Å². The Morgan fingerprint density at radius 3 is 2.06 bits per heavy atom. The number of aromatic nitrogens is 3. The number of nitrogens with zero attached hydrogens (tertiary/aromatic N) is 3. The smallest absolute Gasteiger partial charge is 0.475 e. The molecule has 9 heteroatoms. The third-order valence-corrected chi connectivity index (χ3v) is 8.04. The summed E-state index contributed by atoms with van der Waals surface area (Å²) in [5, 5.41) is 16.5. The Balaban J connectivity index is 0.000000287. The van der Waals surface area contributed by atoms with Crippen molar-refractivity contribution in [1.82, 2.24) is 14.8 Å². The van der Waals surface area contributed by atoms with Gasteiger partial charge in [-0.05, 0) is 80.4 Å². The molecule has 33 heavy (non-hydrogen) atoms. The molecule has 1 N–H and O–H groups in total. The van der Waals surface area contributed by atoms with E-state index in [4.69, 9.17) is 15.0 Å². The third kappa shape index (κ3) is 4.26. The average Bonchev–Trinajstić information content (AvgIpc) is 3.17. The summed E-state index contributed by atoms with van der Waals surface area (Å²) in [6, 6.07) is 7.10. The topological polar surface area (TPSA) is 68.0 Å². The van der Waals surface area contributed by atoms with E-state index in [1.54, 1.807) is 12.1 Å². The highest BCUT2D eigenvalue weighted by atomic mass is 19.4. The van der Waals surface area contributed by atoms with E-state index in [9.17, 15) is 17.6 Å². The molecule has 1 aromatic carbocycles. The van der Waals surface area contributed by atoms with Gasteiger partial charge < -0.3 is 9.67 Å². The van der Waals surface area contributed by atoms with Gasteiger partial charge >= 0.3 is 12.1 Å². The van der Waals surface area contributed by atoms with Gasteiger partial charge in [-0.15, -0.1) is 10.2 Å². The first kappa shape index (κ1) is 22.3. The van der Waals surface area contributed by atoms with Crippen LogP contribution in [0.2, 0.25) is 0 Å². The number of fused-ring (bicyclic) bond motifs is 1. The number of benzene rings is 1. The van der Waals surface area contributed by atoms with Crippen LogP contribution in [0.5, 0.6) is 0 Å². The first-order chi connectivity index (χ1) is 15.6. The summed E-state index contributed by atoms with van der Waals surface area (Å²) in [5.41, 5.74) is 1.55. The zero-order valence-electron chi connectivity index (χ0n) is 18.2. The van der Waals surface area contributed by atoms with Gasteiger partial charge in [-0.3, -0.25) is 0 Å². The van der Waals surface area contributed by atoms with E-state index in [-0.39, 0.29) is 5.82 Å². The van der Waals surface area contributed by atoms with Crippen molar-refractivity contribution in [3.63, 3.8) is 0 Å². The highest BCUT2D eigenvalue weighted by Gasteiger charge is 2.54. The summed E-state index contributed by atoms with van der Waals surface area (Å²) in [6.45, 7) is 0.963. The Morgan fingerprint density at radius 1 is 1.00 bits per heavy atom. The Hall–Kier alpha value is -2.45. The molecule has 0 amide bonds. The van der Waals surface area contributed by atoms with E-state index in [0.29, 0.717) is 11.3 Å². The standard InChI is InChI=1S/C22H26FN3.C2HF3O2/c23-19-4-1-17(2-5-19)18-3-6-20-24-25-21(26(20)13-18)22-10-14-7-15(11-22)9-16(8-14)12-22;3-2(4,5)1(6)7/h1-2,4-5,14-16,18H,3,6-13H2;(H,6,7).